The lowest BCUT2D eigenvalue weighted by Gasteiger charge is -2.14. The standard InChI is InChI=1S/C19H20BrNO4/c1-12(2)11-25-17-9-8-13(20)10-15(17)18(22)21-16-7-5-4-6-14(16)19(23)24-3/h4-10,12H,11H2,1-3H3,(H,21,22). The summed E-state index contributed by atoms with van der Waals surface area (Å²) in [5.41, 5.74) is 1.06. The monoisotopic (exact) mass is 405 g/mol. The number of carbonyl (C=O) groups excluding carboxylic acids is 2. The SMILES string of the molecule is COC(=O)c1ccccc1NC(=O)c1cc(Br)ccc1OCC(C)C. The van der Waals surface area contributed by atoms with Crippen molar-refractivity contribution >= 4 is 33.5 Å². The molecule has 0 aliphatic heterocycles. The van der Waals surface area contributed by atoms with Gasteiger partial charge in [0.05, 0.1) is 30.5 Å². The number of benzene rings is 2. The molecule has 0 saturated heterocycles. The number of para-hydroxylation sites is 1. The summed E-state index contributed by atoms with van der Waals surface area (Å²) in [5.74, 6) is -0.0533. The minimum atomic E-state index is -0.513. The first kappa shape index (κ1) is 19.0. The highest BCUT2D eigenvalue weighted by atomic mass is 79.9. The molecule has 0 aliphatic rings. The summed E-state index contributed by atoms with van der Waals surface area (Å²) < 4.78 is 11.2. The van der Waals surface area contributed by atoms with E-state index in [0.29, 0.717) is 29.5 Å². The number of methoxy groups -OCH3 is 1. The van der Waals surface area contributed by atoms with Crippen molar-refractivity contribution in [2.45, 2.75) is 13.8 Å². The zero-order valence-corrected chi connectivity index (χ0v) is 15.9. The summed E-state index contributed by atoms with van der Waals surface area (Å²) in [5, 5.41) is 2.76. The molecule has 2 aromatic carbocycles. The van der Waals surface area contributed by atoms with Gasteiger partial charge < -0.3 is 14.8 Å². The van der Waals surface area contributed by atoms with Crippen LogP contribution in [0, 0.1) is 5.92 Å². The summed E-state index contributed by atoms with van der Waals surface area (Å²) in [4.78, 5) is 24.6. The van der Waals surface area contributed by atoms with Crippen molar-refractivity contribution in [3.05, 3.63) is 58.1 Å². The summed E-state index contributed by atoms with van der Waals surface area (Å²) in [6.07, 6.45) is 0. The van der Waals surface area contributed by atoms with Crippen molar-refractivity contribution in [3.8, 4) is 5.75 Å². The Kier molecular flexibility index (Phi) is 6.58. The zero-order valence-electron chi connectivity index (χ0n) is 14.3. The number of esters is 1. The summed E-state index contributed by atoms with van der Waals surface area (Å²) in [6, 6.07) is 11.9. The predicted molar refractivity (Wildman–Crippen MR) is 100 cm³/mol. The molecule has 5 nitrogen and oxygen atoms in total. The van der Waals surface area contributed by atoms with Crippen LogP contribution in [0.5, 0.6) is 5.75 Å². The van der Waals surface area contributed by atoms with E-state index in [2.05, 4.69) is 21.2 Å². The lowest BCUT2D eigenvalue weighted by Crippen LogP contribution is -2.17. The highest BCUT2D eigenvalue weighted by Crippen LogP contribution is 2.26. The molecule has 2 rings (SSSR count). The van der Waals surface area contributed by atoms with Crippen LogP contribution in [-0.2, 0) is 4.74 Å². The van der Waals surface area contributed by atoms with Crippen molar-refractivity contribution < 1.29 is 19.1 Å². The second-order valence-electron chi connectivity index (χ2n) is 5.84. The fraction of sp³-hybridized carbons (Fsp3) is 0.263. The minimum Gasteiger partial charge on any atom is -0.492 e. The number of amides is 1. The number of hydrogen-bond donors (Lipinski definition) is 1. The third kappa shape index (κ3) is 5.06. The molecule has 0 fully saturated rings. The van der Waals surface area contributed by atoms with E-state index >= 15 is 0 Å². The quantitative estimate of drug-likeness (QED) is 0.717. The van der Waals surface area contributed by atoms with E-state index in [4.69, 9.17) is 9.47 Å². The third-order valence-electron chi connectivity index (χ3n) is 3.34. The van der Waals surface area contributed by atoms with E-state index < -0.39 is 5.97 Å². The molecule has 0 aromatic heterocycles. The molecule has 0 unspecified atom stereocenters. The van der Waals surface area contributed by atoms with Gasteiger partial charge in [0.2, 0.25) is 0 Å². The molecule has 6 heteroatoms. The first-order valence-corrected chi connectivity index (χ1v) is 8.62. The maximum Gasteiger partial charge on any atom is 0.339 e. The van der Waals surface area contributed by atoms with E-state index in [1.165, 1.54) is 7.11 Å². The molecule has 0 aliphatic carbocycles. The highest BCUT2D eigenvalue weighted by Gasteiger charge is 2.18. The summed E-state index contributed by atoms with van der Waals surface area (Å²) in [6.45, 7) is 4.57. The second kappa shape index (κ2) is 8.67. The number of hydrogen-bond acceptors (Lipinski definition) is 4. The summed E-state index contributed by atoms with van der Waals surface area (Å²) in [7, 11) is 1.30. The van der Waals surface area contributed by atoms with Crippen LogP contribution in [0.4, 0.5) is 5.69 Å². The van der Waals surface area contributed by atoms with Gasteiger partial charge in [-0.25, -0.2) is 4.79 Å². The van der Waals surface area contributed by atoms with Crippen LogP contribution >= 0.6 is 15.9 Å². The van der Waals surface area contributed by atoms with Crippen molar-refractivity contribution in [2.75, 3.05) is 19.0 Å². The molecule has 0 heterocycles. The van der Waals surface area contributed by atoms with Crippen LogP contribution in [-0.4, -0.2) is 25.6 Å². The largest absolute Gasteiger partial charge is 0.492 e. The molecule has 0 spiro atoms. The number of halogens is 1. The van der Waals surface area contributed by atoms with Crippen LogP contribution in [0.2, 0.25) is 0 Å². The maximum atomic E-state index is 12.7. The Balaban J connectivity index is 2.30. The number of anilines is 1. The summed E-state index contributed by atoms with van der Waals surface area (Å²) >= 11 is 3.37. The molecule has 0 saturated carbocycles. The Morgan fingerprint density at radius 1 is 1.12 bits per heavy atom. The Bertz CT molecular complexity index is 774. The molecule has 0 radical (unpaired) electrons. The minimum absolute atomic E-state index is 0.290. The van der Waals surface area contributed by atoms with Crippen molar-refractivity contribution in [1.29, 1.82) is 0 Å². The molecular weight excluding hydrogens is 386 g/mol. The Morgan fingerprint density at radius 2 is 1.84 bits per heavy atom. The van der Waals surface area contributed by atoms with Gasteiger partial charge in [0.25, 0.3) is 5.91 Å². The Labute approximate surface area is 155 Å². The molecule has 0 bridgehead atoms. The van der Waals surface area contributed by atoms with Gasteiger partial charge in [-0.15, -0.1) is 0 Å². The normalized spacial score (nSPS) is 10.4. The second-order valence-corrected chi connectivity index (χ2v) is 6.75. The molecule has 1 amide bonds. The van der Waals surface area contributed by atoms with Crippen molar-refractivity contribution in [2.24, 2.45) is 5.92 Å². The maximum absolute atomic E-state index is 12.7. The van der Waals surface area contributed by atoms with Gasteiger partial charge in [0, 0.05) is 4.47 Å². The Hall–Kier alpha value is -2.34. The predicted octanol–water partition coefficient (Wildman–Crippen LogP) is 4.52. The molecule has 0 atom stereocenters. The molecule has 132 valence electrons. The number of nitrogens with one attached hydrogen (secondary N) is 1. The smallest absolute Gasteiger partial charge is 0.339 e. The molecular formula is C19H20BrNO4. The molecule has 1 N–H and O–H groups in total. The molecule has 2 aromatic rings. The van der Waals surface area contributed by atoms with Crippen LogP contribution in [0.15, 0.2) is 46.9 Å². The lowest BCUT2D eigenvalue weighted by molar-refractivity contribution is 0.0602. The van der Waals surface area contributed by atoms with E-state index in [1.807, 2.05) is 19.9 Å². The van der Waals surface area contributed by atoms with Gasteiger partial charge >= 0.3 is 5.97 Å². The van der Waals surface area contributed by atoms with Gasteiger partial charge in [0.15, 0.2) is 0 Å². The van der Waals surface area contributed by atoms with Crippen LogP contribution in [0.25, 0.3) is 0 Å². The molecule has 25 heavy (non-hydrogen) atoms. The van der Waals surface area contributed by atoms with Crippen LogP contribution in [0.1, 0.15) is 34.6 Å². The van der Waals surface area contributed by atoms with Crippen molar-refractivity contribution in [1.82, 2.24) is 0 Å². The first-order chi connectivity index (χ1) is 11.9. The van der Waals surface area contributed by atoms with Crippen molar-refractivity contribution in [3.63, 3.8) is 0 Å². The Morgan fingerprint density at radius 3 is 2.52 bits per heavy atom. The average molecular weight is 406 g/mol. The number of rotatable bonds is 6. The average Bonchev–Trinajstić information content (AvgIpc) is 2.60. The first-order valence-electron chi connectivity index (χ1n) is 7.83. The van der Waals surface area contributed by atoms with Crippen LogP contribution in [0.3, 0.4) is 0 Å². The topological polar surface area (TPSA) is 64.6 Å². The van der Waals surface area contributed by atoms with Gasteiger partial charge in [-0.05, 0) is 36.2 Å². The highest BCUT2D eigenvalue weighted by molar-refractivity contribution is 9.10. The number of ether oxygens (including phenoxy) is 2. The van der Waals surface area contributed by atoms with Gasteiger partial charge in [-0.1, -0.05) is 41.9 Å². The zero-order chi connectivity index (χ0) is 18.4. The van der Waals surface area contributed by atoms with E-state index in [9.17, 15) is 9.59 Å². The fourth-order valence-electron chi connectivity index (χ4n) is 2.13. The lowest BCUT2D eigenvalue weighted by atomic mass is 10.1. The third-order valence-corrected chi connectivity index (χ3v) is 3.83. The fourth-order valence-corrected chi connectivity index (χ4v) is 2.49. The van der Waals surface area contributed by atoms with Crippen LogP contribution < -0.4 is 10.1 Å². The van der Waals surface area contributed by atoms with E-state index in [-0.39, 0.29) is 11.5 Å². The number of carbonyl (C=O) groups is 2. The van der Waals surface area contributed by atoms with Gasteiger partial charge in [0.1, 0.15) is 5.75 Å². The van der Waals surface area contributed by atoms with E-state index in [1.54, 1.807) is 36.4 Å². The van der Waals surface area contributed by atoms with Gasteiger partial charge in [-0.2, -0.15) is 0 Å². The van der Waals surface area contributed by atoms with E-state index in [0.717, 1.165) is 4.47 Å². The van der Waals surface area contributed by atoms with Gasteiger partial charge in [-0.3, -0.25) is 4.79 Å².